The van der Waals surface area contributed by atoms with Crippen LogP contribution >= 0.6 is 0 Å². The number of rotatable bonds is 7. The van der Waals surface area contributed by atoms with E-state index in [1.54, 1.807) is 7.11 Å². The molecule has 0 saturated carbocycles. The normalized spacial score (nSPS) is 14.9. The number of hydrogen-bond acceptors (Lipinski definition) is 3. The number of methoxy groups -OCH3 is 1. The maximum atomic E-state index is 5.67. The molecule has 0 bridgehead atoms. The number of nitrogens with one attached hydrogen (secondary N) is 2. The minimum absolute atomic E-state index is 0.459. The van der Waals surface area contributed by atoms with Crippen molar-refractivity contribution >= 4 is 5.96 Å². The third kappa shape index (κ3) is 5.31. The van der Waals surface area contributed by atoms with Crippen molar-refractivity contribution < 1.29 is 9.47 Å². The van der Waals surface area contributed by atoms with Crippen molar-refractivity contribution in [3.8, 4) is 11.5 Å². The minimum atomic E-state index is 0.459. The molecule has 0 fully saturated rings. The Morgan fingerprint density at radius 1 is 1.18 bits per heavy atom. The van der Waals surface area contributed by atoms with Crippen molar-refractivity contribution in [3.05, 3.63) is 36.4 Å². The fourth-order valence-electron chi connectivity index (χ4n) is 2.24. The van der Waals surface area contributed by atoms with Crippen molar-refractivity contribution in [2.45, 2.75) is 25.8 Å². The van der Waals surface area contributed by atoms with Crippen LogP contribution in [-0.4, -0.2) is 38.8 Å². The van der Waals surface area contributed by atoms with Gasteiger partial charge in [-0.3, -0.25) is 0 Å². The van der Waals surface area contributed by atoms with Gasteiger partial charge in [-0.25, -0.2) is 4.99 Å². The third-order valence-electron chi connectivity index (χ3n) is 3.38. The van der Waals surface area contributed by atoms with Gasteiger partial charge in [-0.2, -0.15) is 0 Å². The van der Waals surface area contributed by atoms with E-state index in [0.717, 1.165) is 36.8 Å². The monoisotopic (exact) mass is 303 g/mol. The van der Waals surface area contributed by atoms with E-state index in [4.69, 9.17) is 9.47 Å². The first kappa shape index (κ1) is 16.2. The first-order valence-corrected chi connectivity index (χ1v) is 7.78. The number of guanidine groups is 1. The largest absolute Gasteiger partial charge is 0.497 e. The Bertz CT molecular complexity index is 489. The molecule has 0 spiro atoms. The van der Waals surface area contributed by atoms with Crippen molar-refractivity contribution in [1.29, 1.82) is 0 Å². The lowest BCUT2D eigenvalue weighted by molar-refractivity contribution is 0.327. The summed E-state index contributed by atoms with van der Waals surface area (Å²) in [6.07, 6.45) is 6.53. The average Bonchev–Trinajstić information content (AvgIpc) is 3.05. The molecule has 1 aromatic rings. The quantitative estimate of drug-likeness (QED) is 0.351. The molecular formula is C17H25N3O2. The molecule has 0 radical (unpaired) electrons. The summed E-state index contributed by atoms with van der Waals surface area (Å²) in [4.78, 5) is 4.54. The number of aliphatic imine (C=N–C) groups is 1. The summed E-state index contributed by atoms with van der Waals surface area (Å²) in [5, 5.41) is 6.70. The fraction of sp³-hybridized carbons (Fsp3) is 0.471. The fourth-order valence-corrected chi connectivity index (χ4v) is 2.24. The molecule has 2 rings (SSSR count). The zero-order valence-electron chi connectivity index (χ0n) is 13.3. The molecule has 0 aromatic heterocycles. The number of nitrogens with zero attached hydrogens (tertiary/aromatic N) is 1. The van der Waals surface area contributed by atoms with E-state index in [1.807, 2.05) is 24.3 Å². The van der Waals surface area contributed by atoms with E-state index < -0.39 is 0 Å². The lowest BCUT2D eigenvalue weighted by Crippen LogP contribution is -2.42. The number of ether oxygens (including phenoxy) is 2. The van der Waals surface area contributed by atoms with E-state index in [0.29, 0.717) is 19.2 Å². The van der Waals surface area contributed by atoms with E-state index in [-0.39, 0.29) is 0 Å². The third-order valence-corrected chi connectivity index (χ3v) is 3.38. The van der Waals surface area contributed by atoms with Crippen LogP contribution in [0.3, 0.4) is 0 Å². The van der Waals surface area contributed by atoms with Gasteiger partial charge in [0.05, 0.1) is 13.7 Å². The Kier molecular flexibility index (Phi) is 6.61. The topological polar surface area (TPSA) is 54.9 Å². The van der Waals surface area contributed by atoms with Gasteiger partial charge in [0.2, 0.25) is 0 Å². The van der Waals surface area contributed by atoms with Crippen LogP contribution in [-0.2, 0) is 0 Å². The maximum Gasteiger partial charge on any atom is 0.191 e. The van der Waals surface area contributed by atoms with Crippen LogP contribution < -0.4 is 20.1 Å². The zero-order chi connectivity index (χ0) is 15.6. The van der Waals surface area contributed by atoms with Gasteiger partial charge < -0.3 is 20.1 Å². The standard InChI is InChI=1S/C17H25N3O2/c1-3-18-17(20-14-6-4-5-7-14)19-12-13-22-16-10-8-15(21-2)9-11-16/h4-5,8-11,14H,3,6-7,12-13H2,1-2H3,(H2,18,19,20). The van der Waals surface area contributed by atoms with Gasteiger partial charge >= 0.3 is 0 Å². The summed E-state index contributed by atoms with van der Waals surface area (Å²) in [5.41, 5.74) is 0. The van der Waals surface area contributed by atoms with Crippen LogP contribution in [0.4, 0.5) is 0 Å². The Hall–Kier alpha value is -2.17. The average molecular weight is 303 g/mol. The molecule has 5 nitrogen and oxygen atoms in total. The Balaban J connectivity index is 1.74. The molecule has 120 valence electrons. The van der Waals surface area contributed by atoms with Gasteiger partial charge in [-0.1, -0.05) is 12.2 Å². The highest BCUT2D eigenvalue weighted by Crippen LogP contribution is 2.16. The second-order valence-corrected chi connectivity index (χ2v) is 5.07. The first-order valence-electron chi connectivity index (χ1n) is 7.78. The van der Waals surface area contributed by atoms with Gasteiger partial charge in [-0.05, 0) is 44.0 Å². The molecule has 0 atom stereocenters. The van der Waals surface area contributed by atoms with Crippen LogP contribution in [0.1, 0.15) is 19.8 Å². The molecule has 22 heavy (non-hydrogen) atoms. The van der Waals surface area contributed by atoms with Gasteiger partial charge in [0.15, 0.2) is 5.96 Å². The molecule has 5 heteroatoms. The lowest BCUT2D eigenvalue weighted by Gasteiger charge is -2.16. The number of benzene rings is 1. The molecule has 1 aromatic carbocycles. The predicted octanol–water partition coefficient (Wildman–Crippen LogP) is 2.35. The predicted molar refractivity (Wildman–Crippen MR) is 89.8 cm³/mol. The van der Waals surface area contributed by atoms with Crippen molar-refractivity contribution in [3.63, 3.8) is 0 Å². The highest BCUT2D eigenvalue weighted by atomic mass is 16.5. The van der Waals surface area contributed by atoms with Gasteiger partial charge in [0, 0.05) is 12.6 Å². The van der Waals surface area contributed by atoms with Crippen LogP contribution in [0, 0.1) is 0 Å². The summed E-state index contributed by atoms with van der Waals surface area (Å²) in [7, 11) is 1.65. The molecule has 0 saturated heterocycles. The molecular weight excluding hydrogens is 278 g/mol. The van der Waals surface area contributed by atoms with Crippen molar-refractivity contribution in [1.82, 2.24) is 10.6 Å². The Morgan fingerprint density at radius 3 is 2.50 bits per heavy atom. The van der Waals surface area contributed by atoms with Crippen LogP contribution in [0.15, 0.2) is 41.4 Å². The molecule has 0 heterocycles. The summed E-state index contributed by atoms with van der Waals surface area (Å²) in [5.74, 6) is 2.51. The molecule has 1 aliphatic carbocycles. The smallest absolute Gasteiger partial charge is 0.191 e. The first-order chi connectivity index (χ1) is 10.8. The van der Waals surface area contributed by atoms with Gasteiger partial charge in [0.25, 0.3) is 0 Å². The van der Waals surface area contributed by atoms with Gasteiger partial charge in [0.1, 0.15) is 18.1 Å². The van der Waals surface area contributed by atoms with E-state index >= 15 is 0 Å². The van der Waals surface area contributed by atoms with Crippen LogP contribution in [0.25, 0.3) is 0 Å². The molecule has 0 aliphatic heterocycles. The van der Waals surface area contributed by atoms with E-state index in [1.165, 1.54) is 0 Å². The molecule has 0 unspecified atom stereocenters. The highest BCUT2D eigenvalue weighted by Gasteiger charge is 2.11. The summed E-state index contributed by atoms with van der Waals surface area (Å²) < 4.78 is 10.8. The maximum absolute atomic E-state index is 5.67. The van der Waals surface area contributed by atoms with Crippen LogP contribution in [0.5, 0.6) is 11.5 Å². The molecule has 2 N–H and O–H groups in total. The van der Waals surface area contributed by atoms with Crippen molar-refractivity contribution in [2.75, 3.05) is 26.8 Å². The SMILES string of the molecule is CCNC(=NCCOc1ccc(OC)cc1)NC1CC=CC1. The molecule has 0 amide bonds. The lowest BCUT2D eigenvalue weighted by atomic mass is 10.2. The molecule has 1 aliphatic rings. The zero-order valence-corrected chi connectivity index (χ0v) is 13.3. The van der Waals surface area contributed by atoms with E-state index in [2.05, 4.69) is 34.7 Å². The highest BCUT2D eigenvalue weighted by molar-refractivity contribution is 5.80. The Morgan fingerprint density at radius 2 is 1.86 bits per heavy atom. The van der Waals surface area contributed by atoms with Gasteiger partial charge in [-0.15, -0.1) is 0 Å². The second-order valence-electron chi connectivity index (χ2n) is 5.07. The summed E-state index contributed by atoms with van der Waals surface area (Å²) in [6, 6.07) is 8.03. The summed E-state index contributed by atoms with van der Waals surface area (Å²) >= 11 is 0. The second kappa shape index (κ2) is 8.97. The Labute approximate surface area is 132 Å². The summed E-state index contributed by atoms with van der Waals surface area (Å²) in [6.45, 7) is 4.08. The number of hydrogen-bond donors (Lipinski definition) is 2. The minimum Gasteiger partial charge on any atom is -0.497 e. The van der Waals surface area contributed by atoms with Crippen molar-refractivity contribution in [2.24, 2.45) is 4.99 Å². The van der Waals surface area contributed by atoms with E-state index in [9.17, 15) is 0 Å². The van der Waals surface area contributed by atoms with Crippen LogP contribution in [0.2, 0.25) is 0 Å².